The lowest BCUT2D eigenvalue weighted by Crippen LogP contribution is -2.45. The van der Waals surface area contributed by atoms with Crippen LogP contribution in [0.25, 0.3) is 10.9 Å². The lowest BCUT2D eigenvalue weighted by Gasteiger charge is -2.32. The second-order valence-corrected chi connectivity index (χ2v) is 5.78. The fourth-order valence-electron chi connectivity index (χ4n) is 2.32. The summed E-state index contributed by atoms with van der Waals surface area (Å²) in [6.07, 6.45) is 2.05. The first-order chi connectivity index (χ1) is 9.72. The van der Waals surface area contributed by atoms with Gasteiger partial charge in [0.25, 0.3) is 0 Å². The largest absolute Gasteiger partial charge is 0.379 e. The van der Waals surface area contributed by atoms with Gasteiger partial charge < -0.3 is 10.1 Å². The Hall–Kier alpha value is -1.24. The highest BCUT2D eigenvalue weighted by Crippen LogP contribution is 2.19. The predicted octanol–water partition coefficient (Wildman–Crippen LogP) is 2.48. The Bertz CT molecular complexity index is 601. The second kappa shape index (κ2) is 6.03. The van der Waals surface area contributed by atoms with Crippen molar-refractivity contribution in [3.05, 3.63) is 28.9 Å². The second-order valence-electron chi connectivity index (χ2n) is 4.87. The molecule has 20 heavy (non-hydrogen) atoms. The summed E-state index contributed by atoms with van der Waals surface area (Å²) in [5.41, 5.74) is 0.944. The zero-order chi connectivity index (χ0) is 13.9. The molecule has 5 nitrogen and oxygen atoms in total. The molecule has 0 radical (unpaired) electrons. The minimum absolute atomic E-state index is 0.201. The average molecular weight is 337 g/mol. The lowest BCUT2D eigenvalue weighted by atomic mass is 10.2. The van der Waals surface area contributed by atoms with Gasteiger partial charge >= 0.3 is 0 Å². The van der Waals surface area contributed by atoms with E-state index in [0.29, 0.717) is 5.95 Å². The van der Waals surface area contributed by atoms with Crippen molar-refractivity contribution in [2.24, 2.45) is 0 Å². The standard InChI is InChI=1S/C14H17BrN4O/c1-10(19-4-6-20-7-5-19)17-14-16-9-11-8-12(15)2-3-13(11)18-14/h2-3,8-10H,4-7H2,1H3,(H,16,17,18). The number of ether oxygens (including phenoxy) is 1. The molecule has 0 bridgehead atoms. The van der Waals surface area contributed by atoms with Crippen LogP contribution < -0.4 is 5.32 Å². The molecule has 1 aliphatic heterocycles. The highest BCUT2D eigenvalue weighted by molar-refractivity contribution is 9.10. The number of benzene rings is 1. The molecule has 1 aromatic heterocycles. The van der Waals surface area contributed by atoms with Crippen molar-refractivity contribution < 1.29 is 4.74 Å². The van der Waals surface area contributed by atoms with Gasteiger partial charge in [-0.1, -0.05) is 15.9 Å². The summed E-state index contributed by atoms with van der Waals surface area (Å²) in [5, 5.41) is 4.39. The number of morpholine rings is 1. The number of hydrogen-bond acceptors (Lipinski definition) is 5. The maximum atomic E-state index is 5.36. The maximum absolute atomic E-state index is 5.36. The van der Waals surface area contributed by atoms with E-state index < -0.39 is 0 Å². The maximum Gasteiger partial charge on any atom is 0.224 e. The monoisotopic (exact) mass is 336 g/mol. The van der Waals surface area contributed by atoms with Crippen molar-refractivity contribution in [1.29, 1.82) is 0 Å². The number of rotatable bonds is 3. The molecule has 1 N–H and O–H groups in total. The highest BCUT2D eigenvalue weighted by Gasteiger charge is 2.17. The van der Waals surface area contributed by atoms with Crippen LogP contribution in [0, 0.1) is 0 Å². The Morgan fingerprint density at radius 2 is 2.15 bits per heavy atom. The van der Waals surface area contributed by atoms with Crippen molar-refractivity contribution in [2.45, 2.75) is 13.1 Å². The highest BCUT2D eigenvalue weighted by atomic mass is 79.9. The van der Waals surface area contributed by atoms with Crippen molar-refractivity contribution in [3.8, 4) is 0 Å². The van der Waals surface area contributed by atoms with E-state index in [2.05, 4.69) is 43.0 Å². The molecule has 6 heteroatoms. The third kappa shape index (κ3) is 3.08. The average Bonchev–Trinajstić information content (AvgIpc) is 2.48. The molecule has 1 aromatic carbocycles. The Morgan fingerprint density at radius 3 is 2.95 bits per heavy atom. The smallest absolute Gasteiger partial charge is 0.224 e. The van der Waals surface area contributed by atoms with Crippen molar-refractivity contribution in [1.82, 2.24) is 14.9 Å². The number of aromatic nitrogens is 2. The summed E-state index contributed by atoms with van der Waals surface area (Å²) < 4.78 is 6.40. The first-order valence-corrected chi connectivity index (χ1v) is 7.52. The van der Waals surface area contributed by atoms with Gasteiger partial charge in [-0.3, -0.25) is 4.90 Å². The topological polar surface area (TPSA) is 50.3 Å². The summed E-state index contributed by atoms with van der Waals surface area (Å²) in [6.45, 7) is 5.58. The summed E-state index contributed by atoms with van der Waals surface area (Å²) in [6, 6.07) is 6.00. The Kier molecular flexibility index (Phi) is 4.14. The van der Waals surface area contributed by atoms with Crippen molar-refractivity contribution >= 4 is 32.8 Å². The molecule has 1 fully saturated rings. The summed E-state index contributed by atoms with van der Waals surface area (Å²) in [4.78, 5) is 11.3. The third-order valence-electron chi connectivity index (χ3n) is 3.47. The molecular formula is C14H17BrN4O. The van der Waals surface area contributed by atoms with Gasteiger partial charge in [0.05, 0.1) is 24.9 Å². The molecule has 1 unspecified atom stereocenters. The number of nitrogens with zero attached hydrogens (tertiary/aromatic N) is 3. The molecule has 1 saturated heterocycles. The minimum atomic E-state index is 0.201. The fourth-order valence-corrected chi connectivity index (χ4v) is 2.70. The molecule has 0 spiro atoms. The van der Waals surface area contributed by atoms with Crippen LogP contribution in [-0.2, 0) is 4.74 Å². The van der Waals surface area contributed by atoms with E-state index in [-0.39, 0.29) is 6.17 Å². The van der Waals surface area contributed by atoms with E-state index in [0.717, 1.165) is 41.7 Å². The van der Waals surface area contributed by atoms with Crippen LogP contribution in [0.3, 0.4) is 0 Å². The number of halogens is 1. The molecule has 1 aliphatic rings. The summed E-state index contributed by atoms with van der Waals surface area (Å²) >= 11 is 3.45. The molecule has 3 rings (SSSR count). The molecule has 106 valence electrons. The van der Waals surface area contributed by atoms with Gasteiger partial charge in [-0.05, 0) is 25.1 Å². The summed E-state index contributed by atoms with van der Waals surface area (Å²) in [5.74, 6) is 0.666. The van der Waals surface area contributed by atoms with Crippen molar-refractivity contribution in [2.75, 3.05) is 31.6 Å². The third-order valence-corrected chi connectivity index (χ3v) is 3.97. The lowest BCUT2D eigenvalue weighted by molar-refractivity contribution is 0.0253. The fraction of sp³-hybridized carbons (Fsp3) is 0.429. The van der Waals surface area contributed by atoms with Crippen molar-refractivity contribution in [3.63, 3.8) is 0 Å². The van der Waals surface area contributed by atoms with E-state index in [1.165, 1.54) is 0 Å². The molecule has 0 saturated carbocycles. The van der Waals surface area contributed by atoms with Crippen LogP contribution in [-0.4, -0.2) is 47.3 Å². The first kappa shape index (κ1) is 13.7. The van der Waals surface area contributed by atoms with E-state index in [1.54, 1.807) is 0 Å². The molecule has 1 atom stereocenters. The van der Waals surface area contributed by atoms with Crippen LogP contribution >= 0.6 is 15.9 Å². The number of hydrogen-bond donors (Lipinski definition) is 1. The SMILES string of the molecule is CC(Nc1ncc2cc(Br)ccc2n1)N1CCOCC1. The van der Waals surface area contributed by atoms with E-state index >= 15 is 0 Å². The molecular weight excluding hydrogens is 320 g/mol. The normalized spacial score (nSPS) is 18.1. The van der Waals surface area contributed by atoms with Gasteiger partial charge in [0.1, 0.15) is 0 Å². The van der Waals surface area contributed by atoms with Crippen LogP contribution in [0.4, 0.5) is 5.95 Å². The van der Waals surface area contributed by atoms with Crippen LogP contribution in [0.1, 0.15) is 6.92 Å². The number of anilines is 1. The molecule has 0 aliphatic carbocycles. The first-order valence-electron chi connectivity index (χ1n) is 6.73. The van der Waals surface area contributed by atoms with E-state index in [9.17, 15) is 0 Å². The number of nitrogens with one attached hydrogen (secondary N) is 1. The molecule has 0 amide bonds. The van der Waals surface area contributed by atoms with Gasteiger partial charge in [-0.15, -0.1) is 0 Å². The predicted molar refractivity (Wildman–Crippen MR) is 82.7 cm³/mol. The zero-order valence-electron chi connectivity index (χ0n) is 11.3. The minimum Gasteiger partial charge on any atom is -0.379 e. The number of fused-ring (bicyclic) bond motifs is 1. The van der Waals surface area contributed by atoms with E-state index in [4.69, 9.17) is 4.74 Å². The Balaban J connectivity index is 1.75. The Labute approximate surface area is 126 Å². The van der Waals surface area contributed by atoms with Gasteiger partial charge in [-0.25, -0.2) is 9.97 Å². The van der Waals surface area contributed by atoms with Crippen LogP contribution in [0.5, 0.6) is 0 Å². The van der Waals surface area contributed by atoms with Gasteiger partial charge in [0, 0.05) is 29.1 Å². The van der Waals surface area contributed by atoms with Gasteiger partial charge in [0.2, 0.25) is 5.95 Å². The van der Waals surface area contributed by atoms with Gasteiger partial charge in [0.15, 0.2) is 0 Å². The van der Waals surface area contributed by atoms with Gasteiger partial charge in [-0.2, -0.15) is 0 Å². The molecule has 2 heterocycles. The Morgan fingerprint density at radius 1 is 1.35 bits per heavy atom. The van der Waals surface area contributed by atoms with E-state index in [1.807, 2.05) is 24.4 Å². The van der Waals surface area contributed by atoms with Crippen LogP contribution in [0.2, 0.25) is 0 Å². The zero-order valence-corrected chi connectivity index (χ0v) is 12.9. The van der Waals surface area contributed by atoms with Crippen LogP contribution in [0.15, 0.2) is 28.9 Å². The summed E-state index contributed by atoms with van der Waals surface area (Å²) in [7, 11) is 0. The molecule has 2 aromatic rings. The quantitative estimate of drug-likeness (QED) is 0.933.